The monoisotopic (exact) mass is 400 g/mol. The van der Waals surface area contributed by atoms with Gasteiger partial charge in [-0.1, -0.05) is 60.7 Å². The Kier molecular flexibility index (Phi) is 5.87. The van der Waals surface area contributed by atoms with Gasteiger partial charge in [-0.2, -0.15) is 13.2 Å². The molecular weight excluding hydrogens is 381 g/mol. The molecule has 0 unspecified atom stereocenters. The number of benzene rings is 3. The lowest BCUT2D eigenvalue weighted by Crippen LogP contribution is -2.46. The van der Waals surface area contributed by atoms with Gasteiger partial charge in [0.2, 0.25) is 11.8 Å². The van der Waals surface area contributed by atoms with Crippen LogP contribution in [0.4, 0.5) is 13.2 Å². The molecule has 3 rings (SSSR count). The van der Waals surface area contributed by atoms with E-state index in [-0.39, 0.29) is 18.4 Å². The van der Waals surface area contributed by atoms with Crippen LogP contribution in [0.25, 0.3) is 10.8 Å². The summed E-state index contributed by atoms with van der Waals surface area (Å²) in [6.45, 7) is 0. The van der Waals surface area contributed by atoms with Crippen LogP contribution in [0.2, 0.25) is 0 Å². The largest absolute Gasteiger partial charge is 0.416 e. The predicted molar refractivity (Wildman–Crippen MR) is 104 cm³/mol. The molecule has 1 atom stereocenters. The van der Waals surface area contributed by atoms with Crippen LogP contribution in [0, 0.1) is 0 Å². The second-order valence-corrected chi connectivity index (χ2v) is 6.78. The van der Waals surface area contributed by atoms with Crippen molar-refractivity contribution >= 4 is 22.6 Å². The van der Waals surface area contributed by atoms with Gasteiger partial charge in [-0.15, -0.1) is 0 Å². The van der Waals surface area contributed by atoms with Crippen molar-refractivity contribution in [3.05, 3.63) is 83.4 Å². The lowest BCUT2D eigenvalue weighted by Gasteiger charge is -2.16. The minimum atomic E-state index is -4.49. The van der Waals surface area contributed by atoms with E-state index >= 15 is 0 Å². The maximum atomic E-state index is 12.8. The van der Waals surface area contributed by atoms with Crippen LogP contribution in [-0.2, 0) is 28.6 Å². The first kappa shape index (κ1) is 20.4. The number of nitrogens with one attached hydrogen (secondary N) is 1. The lowest BCUT2D eigenvalue weighted by atomic mass is 10.0. The van der Waals surface area contributed by atoms with E-state index in [4.69, 9.17) is 5.73 Å². The van der Waals surface area contributed by atoms with Gasteiger partial charge in [0, 0.05) is 6.42 Å². The molecule has 3 aromatic rings. The highest BCUT2D eigenvalue weighted by molar-refractivity contribution is 5.88. The molecule has 7 heteroatoms. The van der Waals surface area contributed by atoms with Crippen molar-refractivity contribution in [2.24, 2.45) is 5.73 Å². The van der Waals surface area contributed by atoms with E-state index in [1.54, 1.807) is 0 Å². The first-order chi connectivity index (χ1) is 13.7. The van der Waals surface area contributed by atoms with E-state index in [0.717, 1.165) is 28.5 Å². The van der Waals surface area contributed by atoms with Gasteiger partial charge in [0.05, 0.1) is 12.0 Å². The van der Waals surface area contributed by atoms with Gasteiger partial charge in [0.1, 0.15) is 6.04 Å². The van der Waals surface area contributed by atoms with Crippen LogP contribution in [0.15, 0.2) is 66.7 Å². The standard InChI is InChI=1S/C22H19F3N2O2/c23-22(24,25)18-7-3-4-14(11-18)13-20(28)27-19(21(26)29)12-15-8-9-16-5-1-2-6-17(16)10-15/h1-11,19H,12-13H2,(H2,26,29)(H,27,28)/t19-/m0/s1. The Bertz CT molecular complexity index is 1050. The Morgan fingerprint density at radius 1 is 0.897 bits per heavy atom. The lowest BCUT2D eigenvalue weighted by molar-refractivity contribution is -0.137. The summed E-state index contributed by atoms with van der Waals surface area (Å²) in [6, 6.07) is 16.9. The van der Waals surface area contributed by atoms with Crippen LogP contribution in [0.3, 0.4) is 0 Å². The number of amides is 2. The number of rotatable bonds is 6. The first-order valence-electron chi connectivity index (χ1n) is 8.95. The number of carbonyl (C=O) groups excluding carboxylic acids is 2. The zero-order valence-electron chi connectivity index (χ0n) is 15.4. The number of halogens is 3. The molecule has 0 heterocycles. The van der Waals surface area contributed by atoms with Crippen LogP contribution < -0.4 is 11.1 Å². The van der Waals surface area contributed by atoms with E-state index in [9.17, 15) is 22.8 Å². The molecule has 150 valence electrons. The Morgan fingerprint density at radius 2 is 1.62 bits per heavy atom. The second-order valence-electron chi connectivity index (χ2n) is 6.78. The van der Waals surface area contributed by atoms with E-state index < -0.39 is 29.6 Å². The summed E-state index contributed by atoms with van der Waals surface area (Å²) in [4.78, 5) is 24.1. The topological polar surface area (TPSA) is 72.2 Å². The molecule has 0 aliphatic rings. The van der Waals surface area contributed by atoms with Crippen molar-refractivity contribution < 1.29 is 22.8 Å². The highest BCUT2D eigenvalue weighted by Crippen LogP contribution is 2.29. The number of hydrogen-bond donors (Lipinski definition) is 2. The van der Waals surface area contributed by atoms with Crippen molar-refractivity contribution in [1.82, 2.24) is 5.32 Å². The molecule has 0 spiro atoms. The summed E-state index contributed by atoms with van der Waals surface area (Å²) in [5.41, 5.74) is 5.60. The normalized spacial score (nSPS) is 12.5. The van der Waals surface area contributed by atoms with Crippen molar-refractivity contribution in [3.8, 4) is 0 Å². The average Bonchev–Trinajstić information content (AvgIpc) is 2.67. The molecule has 0 aliphatic carbocycles. The summed E-state index contributed by atoms with van der Waals surface area (Å²) in [7, 11) is 0. The van der Waals surface area contributed by atoms with Crippen molar-refractivity contribution in [2.75, 3.05) is 0 Å². The number of fused-ring (bicyclic) bond motifs is 1. The van der Waals surface area contributed by atoms with E-state index in [0.29, 0.717) is 0 Å². The minimum absolute atomic E-state index is 0.189. The average molecular weight is 400 g/mol. The summed E-state index contributed by atoms with van der Waals surface area (Å²) >= 11 is 0. The fourth-order valence-electron chi connectivity index (χ4n) is 3.11. The third-order valence-electron chi connectivity index (χ3n) is 4.55. The SMILES string of the molecule is NC(=O)[C@H](Cc1ccc2ccccc2c1)NC(=O)Cc1cccc(C(F)(F)F)c1. The van der Waals surface area contributed by atoms with Gasteiger partial charge in [0.25, 0.3) is 0 Å². The van der Waals surface area contributed by atoms with Gasteiger partial charge >= 0.3 is 6.18 Å². The van der Waals surface area contributed by atoms with Crippen LogP contribution in [0.5, 0.6) is 0 Å². The number of hydrogen-bond acceptors (Lipinski definition) is 2. The molecule has 0 saturated heterocycles. The molecule has 0 radical (unpaired) electrons. The molecule has 0 saturated carbocycles. The molecule has 3 N–H and O–H groups in total. The molecule has 0 fully saturated rings. The predicted octanol–water partition coefficient (Wildman–Crippen LogP) is 3.61. The molecule has 2 amide bonds. The zero-order valence-corrected chi connectivity index (χ0v) is 15.4. The summed E-state index contributed by atoms with van der Waals surface area (Å²) < 4.78 is 38.4. The smallest absolute Gasteiger partial charge is 0.368 e. The van der Waals surface area contributed by atoms with Gasteiger partial charge in [-0.3, -0.25) is 9.59 Å². The highest BCUT2D eigenvalue weighted by Gasteiger charge is 2.30. The molecule has 29 heavy (non-hydrogen) atoms. The number of alkyl halides is 3. The Morgan fingerprint density at radius 3 is 2.31 bits per heavy atom. The zero-order chi connectivity index (χ0) is 21.0. The Labute approximate surface area is 165 Å². The van der Waals surface area contributed by atoms with Gasteiger partial charge in [0.15, 0.2) is 0 Å². The van der Waals surface area contributed by atoms with Gasteiger partial charge < -0.3 is 11.1 Å². The molecule has 0 aliphatic heterocycles. The maximum Gasteiger partial charge on any atom is 0.416 e. The van der Waals surface area contributed by atoms with Crippen molar-refractivity contribution in [2.45, 2.75) is 25.1 Å². The highest BCUT2D eigenvalue weighted by atomic mass is 19.4. The molecule has 3 aromatic carbocycles. The van der Waals surface area contributed by atoms with Crippen LogP contribution in [0.1, 0.15) is 16.7 Å². The second kappa shape index (κ2) is 8.34. The molecule has 0 aromatic heterocycles. The Hall–Kier alpha value is -3.35. The first-order valence-corrected chi connectivity index (χ1v) is 8.95. The molecular formula is C22H19F3N2O2. The third kappa shape index (κ3) is 5.34. The summed E-state index contributed by atoms with van der Waals surface area (Å²) in [6.07, 6.45) is -4.59. The van der Waals surface area contributed by atoms with E-state index in [1.807, 2.05) is 42.5 Å². The molecule has 4 nitrogen and oxygen atoms in total. The van der Waals surface area contributed by atoms with Gasteiger partial charge in [-0.25, -0.2) is 0 Å². The number of primary amides is 1. The van der Waals surface area contributed by atoms with Crippen LogP contribution in [-0.4, -0.2) is 17.9 Å². The minimum Gasteiger partial charge on any atom is -0.368 e. The third-order valence-corrected chi connectivity index (χ3v) is 4.55. The van der Waals surface area contributed by atoms with E-state index in [1.165, 1.54) is 12.1 Å². The molecule has 0 bridgehead atoms. The summed E-state index contributed by atoms with van der Waals surface area (Å²) in [5.74, 6) is -1.29. The van der Waals surface area contributed by atoms with Crippen molar-refractivity contribution in [3.63, 3.8) is 0 Å². The quantitative estimate of drug-likeness (QED) is 0.664. The fraction of sp³-hybridized carbons (Fsp3) is 0.182. The summed E-state index contributed by atoms with van der Waals surface area (Å²) in [5, 5.41) is 4.56. The fourth-order valence-corrected chi connectivity index (χ4v) is 3.11. The van der Waals surface area contributed by atoms with E-state index in [2.05, 4.69) is 5.32 Å². The Balaban J connectivity index is 1.70. The maximum absolute atomic E-state index is 12.8. The number of carbonyl (C=O) groups is 2. The van der Waals surface area contributed by atoms with Crippen LogP contribution >= 0.6 is 0 Å². The van der Waals surface area contributed by atoms with Gasteiger partial charge in [-0.05, 0) is 28.0 Å². The number of nitrogens with two attached hydrogens (primary N) is 1. The van der Waals surface area contributed by atoms with Crippen molar-refractivity contribution in [1.29, 1.82) is 0 Å².